The maximum atomic E-state index is 13.9. The zero-order valence-electron chi connectivity index (χ0n) is 19.7. The van der Waals surface area contributed by atoms with E-state index >= 15 is 0 Å². The van der Waals surface area contributed by atoms with Gasteiger partial charge in [0.2, 0.25) is 11.9 Å². The van der Waals surface area contributed by atoms with Crippen LogP contribution in [0.3, 0.4) is 0 Å². The Labute approximate surface area is 206 Å². The highest BCUT2D eigenvalue weighted by Gasteiger charge is 2.24. The Balaban J connectivity index is 1.23. The van der Waals surface area contributed by atoms with Crippen LogP contribution in [0.15, 0.2) is 48.7 Å². The van der Waals surface area contributed by atoms with E-state index in [1.54, 1.807) is 13.3 Å². The van der Waals surface area contributed by atoms with Gasteiger partial charge in [-0.25, -0.2) is 13.8 Å². The van der Waals surface area contributed by atoms with Gasteiger partial charge >= 0.3 is 0 Å². The number of fused-ring (bicyclic) bond motifs is 1. The normalized spacial score (nSPS) is 17.6. The minimum Gasteiger partial charge on any atom is -0.496 e. The molecule has 2 aromatic heterocycles. The fourth-order valence-corrected chi connectivity index (χ4v) is 4.68. The molecule has 0 unspecified atom stereocenters. The van der Waals surface area contributed by atoms with Crippen LogP contribution in [0, 0.1) is 11.6 Å². The van der Waals surface area contributed by atoms with Gasteiger partial charge in [-0.15, -0.1) is 0 Å². The summed E-state index contributed by atoms with van der Waals surface area (Å²) < 4.78 is 32.4. The van der Waals surface area contributed by atoms with E-state index in [1.807, 2.05) is 24.3 Å². The van der Waals surface area contributed by atoms with Crippen LogP contribution in [0.2, 0.25) is 0 Å². The molecule has 0 spiro atoms. The van der Waals surface area contributed by atoms with Gasteiger partial charge in [0, 0.05) is 29.9 Å². The zero-order valence-corrected chi connectivity index (χ0v) is 19.7. The lowest BCUT2D eigenvalue weighted by atomic mass is 9.91. The van der Waals surface area contributed by atoms with Crippen molar-refractivity contribution in [3.8, 4) is 17.0 Å². The highest BCUT2D eigenvalue weighted by Crippen LogP contribution is 2.32. The second-order valence-electron chi connectivity index (χ2n) is 8.91. The Morgan fingerprint density at radius 3 is 2.83 bits per heavy atom. The summed E-state index contributed by atoms with van der Waals surface area (Å²) in [5.74, 6) is -0.477. The van der Waals surface area contributed by atoms with Crippen molar-refractivity contribution in [2.24, 2.45) is 0 Å². The number of amides is 1. The van der Waals surface area contributed by atoms with Crippen LogP contribution in [-0.4, -0.2) is 45.3 Å². The largest absolute Gasteiger partial charge is 0.496 e. The number of para-hydroxylation sites is 1. The molecular weight excluding hydrogens is 466 g/mol. The molecule has 186 valence electrons. The molecule has 1 fully saturated rings. The third kappa shape index (κ3) is 5.12. The van der Waals surface area contributed by atoms with E-state index in [4.69, 9.17) is 4.74 Å². The molecule has 1 aliphatic carbocycles. The monoisotopic (exact) mass is 492 g/mol. The van der Waals surface area contributed by atoms with Crippen molar-refractivity contribution in [3.63, 3.8) is 0 Å². The maximum Gasteiger partial charge on any atom is 0.224 e. The molecule has 0 saturated heterocycles. The van der Waals surface area contributed by atoms with Crippen LogP contribution in [0.5, 0.6) is 5.75 Å². The topological polar surface area (TPSA) is 105 Å². The van der Waals surface area contributed by atoms with Crippen LogP contribution in [0.1, 0.15) is 31.2 Å². The van der Waals surface area contributed by atoms with Crippen molar-refractivity contribution >= 4 is 22.9 Å². The Kier molecular flexibility index (Phi) is 6.75. The first kappa shape index (κ1) is 23.7. The number of methoxy groups -OCH3 is 1. The third-order valence-corrected chi connectivity index (χ3v) is 6.43. The van der Waals surface area contributed by atoms with Crippen molar-refractivity contribution in [2.45, 2.75) is 44.2 Å². The van der Waals surface area contributed by atoms with Gasteiger partial charge in [0.15, 0.2) is 5.65 Å². The number of halogens is 2. The van der Waals surface area contributed by atoms with Crippen molar-refractivity contribution in [1.29, 1.82) is 0 Å². The molecule has 3 N–H and O–H groups in total. The molecule has 2 heterocycles. The van der Waals surface area contributed by atoms with Crippen molar-refractivity contribution < 1.29 is 18.3 Å². The van der Waals surface area contributed by atoms with Gasteiger partial charge in [-0.2, -0.15) is 10.1 Å². The Morgan fingerprint density at radius 1 is 1.17 bits per heavy atom. The van der Waals surface area contributed by atoms with E-state index in [1.165, 1.54) is 6.07 Å². The lowest BCUT2D eigenvalue weighted by molar-refractivity contribution is -0.121. The quantitative estimate of drug-likeness (QED) is 0.354. The summed E-state index contributed by atoms with van der Waals surface area (Å²) in [6.45, 7) is 0. The number of carbonyl (C=O) groups excluding carboxylic acids is 1. The fourth-order valence-electron chi connectivity index (χ4n) is 4.68. The standard InChI is InChI=1S/C26H26F2N6O2/c1-36-22-8-3-2-7-19(22)24-20-14-29-26(32-25(20)34-33-24)31-18-6-4-5-17(13-18)30-23(35)11-15-9-10-16(27)12-21(15)28/h2-3,7-10,12,14,17-18H,4-6,11,13H2,1H3,(H,30,35)(H2,29,31,32,33,34)/t17-,18+/m1/s1. The first-order chi connectivity index (χ1) is 17.5. The average Bonchev–Trinajstić information content (AvgIpc) is 3.29. The highest BCUT2D eigenvalue weighted by atomic mass is 19.1. The number of ether oxygens (including phenoxy) is 1. The first-order valence-corrected chi connectivity index (χ1v) is 11.8. The molecule has 5 rings (SSSR count). The molecule has 0 bridgehead atoms. The molecule has 8 nitrogen and oxygen atoms in total. The minimum atomic E-state index is -0.715. The summed E-state index contributed by atoms with van der Waals surface area (Å²) in [5, 5.41) is 14.5. The van der Waals surface area contributed by atoms with E-state index in [9.17, 15) is 13.6 Å². The van der Waals surface area contributed by atoms with E-state index in [0.717, 1.165) is 53.8 Å². The van der Waals surface area contributed by atoms with Crippen LogP contribution in [-0.2, 0) is 11.2 Å². The molecule has 1 saturated carbocycles. The molecule has 0 aliphatic heterocycles. The molecule has 1 amide bonds. The number of aromatic nitrogens is 4. The van der Waals surface area contributed by atoms with Gasteiger partial charge in [0.25, 0.3) is 0 Å². The first-order valence-electron chi connectivity index (χ1n) is 11.8. The van der Waals surface area contributed by atoms with E-state index in [0.29, 0.717) is 18.0 Å². The smallest absolute Gasteiger partial charge is 0.224 e. The number of nitrogens with zero attached hydrogens (tertiary/aromatic N) is 3. The number of hydrogen-bond donors (Lipinski definition) is 3. The molecule has 1 aliphatic rings. The Morgan fingerprint density at radius 2 is 2.00 bits per heavy atom. The fraction of sp³-hybridized carbons (Fsp3) is 0.308. The number of aromatic amines is 1. The lowest BCUT2D eigenvalue weighted by Gasteiger charge is -2.30. The van der Waals surface area contributed by atoms with Gasteiger partial charge in [-0.05, 0) is 49.4 Å². The predicted octanol–water partition coefficient (Wildman–Crippen LogP) is 4.39. The molecular formula is C26H26F2N6O2. The molecule has 2 atom stereocenters. The number of hydrogen-bond acceptors (Lipinski definition) is 6. The van der Waals surface area contributed by atoms with Gasteiger partial charge < -0.3 is 15.4 Å². The average molecular weight is 493 g/mol. The molecule has 36 heavy (non-hydrogen) atoms. The third-order valence-electron chi connectivity index (χ3n) is 6.43. The van der Waals surface area contributed by atoms with Crippen LogP contribution in [0.25, 0.3) is 22.3 Å². The summed E-state index contributed by atoms with van der Waals surface area (Å²) in [6, 6.07) is 10.9. The van der Waals surface area contributed by atoms with Gasteiger partial charge in [0.1, 0.15) is 17.4 Å². The van der Waals surface area contributed by atoms with Crippen molar-refractivity contribution in [3.05, 3.63) is 65.9 Å². The van der Waals surface area contributed by atoms with E-state index < -0.39 is 11.6 Å². The van der Waals surface area contributed by atoms with Gasteiger partial charge in [0.05, 0.1) is 24.6 Å². The maximum absolute atomic E-state index is 13.9. The summed E-state index contributed by atoms with van der Waals surface area (Å²) in [5.41, 5.74) is 2.37. The molecule has 10 heteroatoms. The minimum absolute atomic E-state index is 0.0569. The van der Waals surface area contributed by atoms with Crippen LogP contribution < -0.4 is 15.4 Å². The van der Waals surface area contributed by atoms with Gasteiger partial charge in [-0.3, -0.25) is 9.89 Å². The lowest BCUT2D eigenvalue weighted by Crippen LogP contribution is -2.42. The summed E-state index contributed by atoms with van der Waals surface area (Å²) in [4.78, 5) is 21.5. The number of carbonyl (C=O) groups is 1. The molecule has 4 aromatic rings. The zero-order chi connectivity index (χ0) is 25.1. The summed E-state index contributed by atoms with van der Waals surface area (Å²) in [7, 11) is 1.62. The molecule has 2 aromatic carbocycles. The van der Waals surface area contributed by atoms with E-state index in [-0.39, 0.29) is 30.0 Å². The summed E-state index contributed by atoms with van der Waals surface area (Å²) in [6.07, 6.45) is 4.94. The second kappa shape index (κ2) is 10.3. The van der Waals surface area contributed by atoms with Crippen molar-refractivity contribution in [1.82, 2.24) is 25.5 Å². The van der Waals surface area contributed by atoms with Crippen LogP contribution >= 0.6 is 0 Å². The van der Waals surface area contributed by atoms with Crippen molar-refractivity contribution in [2.75, 3.05) is 12.4 Å². The van der Waals surface area contributed by atoms with Gasteiger partial charge in [-0.1, -0.05) is 18.2 Å². The number of nitrogens with one attached hydrogen (secondary N) is 3. The number of H-pyrrole nitrogens is 1. The number of rotatable bonds is 7. The molecule has 0 radical (unpaired) electrons. The Bertz CT molecular complexity index is 1390. The Hall–Kier alpha value is -4.08. The highest BCUT2D eigenvalue weighted by molar-refractivity contribution is 5.92. The summed E-state index contributed by atoms with van der Waals surface area (Å²) >= 11 is 0. The SMILES string of the molecule is COc1ccccc1-c1[nH]nc2nc(N[C@H]3CCC[C@@H](NC(=O)Cc4ccc(F)cc4F)C3)ncc12. The van der Waals surface area contributed by atoms with Crippen LogP contribution in [0.4, 0.5) is 14.7 Å². The number of benzene rings is 2. The predicted molar refractivity (Wildman–Crippen MR) is 132 cm³/mol. The van der Waals surface area contributed by atoms with E-state index in [2.05, 4.69) is 30.8 Å². The number of anilines is 1. The second-order valence-corrected chi connectivity index (χ2v) is 8.91.